The summed E-state index contributed by atoms with van der Waals surface area (Å²) in [6.45, 7) is 5.85. The maximum absolute atomic E-state index is 10.00. The summed E-state index contributed by atoms with van der Waals surface area (Å²) in [5, 5.41) is 19.9. The first-order valence-electron chi connectivity index (χ1n) is 5.49. The van der Waals surface area contributed by atoms with Crippen molar-refractivity contribution in [2.45, 2.75) is 38.9 Å². The van der Waals surface area contributed by atoms with E-state index in [4.69, 9.17) is 4.74 Å². The molecule has 90 valence electrons. The quantitative estimate of drug-likeness (QED) is 0.800. The second kappa shape index (κ2) is 5.27. The third-order valence-corrected chi connectivity index (χ3v) is 2.67. The molecule has 0 spiro atoms. The molecule has 0 amide bonds. The van der Waals surface area contributed by atoms with Crippen molar-refractivity contribution in [1.29, 1.82) is 0 Å². The second-order valence-electron chi connectivity index (χ2n) is 4.00. The van der Waals surface area contributed by atoms with Gasteiger partial charge in [-0.05, 0) is 26.3 Å². The van der Waals surface area contributed by atoms with Gasteiger partial charge in [0.1, 0.15) is 11.9 Å². The molecule has 2 atom stereocenters. The maximum Gasteiger partial charge on any atom is 0.137 e. The van der Waals surface area contributed by atoms with Gasteiger partial charge in [0.25, 0.3) is 0 Å². The molecule has 1 aromatic heterocycles. The normalized spacial score (nSPS) is 16.6. The first-order chi connectivity index (χ1) is 7.51. The van der Waals surface area contributed by atoms with Crippen molar-refractivity contribution in [1.82, 2.24) is 4.98 Å². The SMILES string of the molecule is CCOc1cncc(C(O)C(C)(O)CC)c1. The van der Waals surface area contributed by atoms with Crippen molar-refractivity contribution >= 4 is 0 Å². The summed E-state index contributed by atoms with van der Waals surface area (Å²) in [4.78, 5) is 3.98. The van der Waals surface area contributed by atoms with Gasteiger partial charge in [-0.25, -0.2) is 0 Å². The van der Waals surface area contributed by atoms with Crippen molar-refractivity contribution in [2.24, 2.45) is 0 Å². The Bertz CT molecular complexity index is 339. The lowest BCUT2D eigenvalue weighted by Crippen LogP contribution is -2.31. The van der Waals surface area contributed by atoms with E-state index in [0.29, 0.717) is 24.3 Å². The molecule has 4 nitrogen and oxygen atoms in total. The molecule has 0 radical (unpaired) electrons. The number of ether oxygens (including phenoxy) is 1. The van der Waals surface area contributed by atoms with Crippen LogP contribution in [0.3, 0.4) is 0 Å². The smallest absolute Gasteiger partial charge is 0.137 e. The number of aromatic nitrogens is 1. The Hall–Kier alpha value is -1.13. The zero-order valence-electron chi connectivity index (χ0n) is 9.97. The standard InChI is InChI=1S/C12H19NO3/c1-4-12(3,15)11(14)9-6-10(16-5-2)8-13-7-9/h6-8,11,14-15H,4-5H2,1-3H3. The molecule has 1 rings (SSSR count). The van der Waals surface area contributed by atoms with E-state index >= 15 is 0 Å². The van der Waals surface area contributed by atoms with Crippen LogP contribution in [0.4, 0.5) is 0 Å². The third kappa shape index (κ3) is 2.93. The summed E-state index contributed by atoms with van der Waals surface area (Å²) >= 11 is 0. The number of pyridine rings is 1. The van der Waals surface area contributed by atoms with Crippen molar-refractivity contribution in [3.63, 3.8) is 0 Å². The van der Waals surface area contributed by atoms with Crippen molar-refractivity contribution in [2.75, 3.05) is 6.61 Å². The van der Waals surface area contributed by atoms with E-state index in [1.807, 2.05) is 13.8 Å². The molecule has 4 heteroatoms. The van der Waals surface area contributed by atoms with Crippen LogP contribution in [0.5, 0.6) is 5.75 Å². The predicted molar refractivity (Wildman–Crippen MR) is 61.3 cm³/mol. The van der Waals surface area contributed by atoms with Crippen molar-refractivity contribution in [3.05, 3.63) is 24.0 Å². The molecule has 0 aliphatic heterocycles. The highest BCUT2D eigenvalue weighted by atomic mass is 16.5. The fourth-order valence-electron chi connectivity index (χ4n) is 1.38. The zero-order valence-corrected chi connectivity index (χ0v) is 9.97. The van der Waals surface area contributed by atoms with E-state index in [1.54, 1.807) is 19.2 Å². The number of aliphatic hydroxyl groups excluding tert-OH is 1. The van der Waals surface area contributed by atoms with E-state index < -0.39 is 11.7 Å². The molecule has 1 aromatic rings. The molecule has 2 N–H and O–H groups in total. The molecule has 2 unspecified atom stereocenters. The molecule has 0 saturated carbocycles. The minimum absolute atomic E-state index is 0.465. The highest BCUT2D eigenvalue weighted by Crippen LogP contribution is 2.29. The lowest BCUT2D eigenvalue weighted by Gasteiger charge is -2.27. The van der Waals surface area contributed by atoms with E-state index in [2.05, 4.69) is 4.98 Å². The van der Waals surface area contributed by atoms with Crippen LogP contribution in [0, 0.1) is 0 Å². The van der Waals surface area contributed by atoms with Gasteiger partial charge < -0.3 is 14.9 Å². The molecule has 16 heavy (non-hydrogen) atoms. The van der Waals surface area contributed by atoms with Crippen LogP contribution >= 0.6 is 0 Å². The Kier molecular flexibility index (Phi) is 4.26. The van der Waals surface area contributed by atoms with E-state index in [0.717, 1.165) is 0 Å². The van der Waals surface area contributed by atoms with Crippen molar-refractivity contribution < 1.29 is 14.9 Å². The number of nitrogens with zero attached hydrogens (tertiary/aromatic N) is 1. The Labute approximate surface area is 95.9 Å². The minimum Gasteiger partial charge on any atom is -0.492 e. The van der Waals surface area contributed by atoms with Gasteiger partial charge in [-0.3, -0.25) is 4.98 Å². The molecule has 0 bridgehead atoms. The minimum atomic E-state index is -1.15. The molecule has 0 aliphatic rings. The summed E-state index contributed by atoms with van der Waals surface area (Å²) in [6, 6.07) is 1.70. The topological polar surface area (TPSA) is 62.6 Å². The van der Waals surface area contributed by atoms with Gasteiger partial charge >= 0.3 is 0 Å². The van der Waals surface area contributed by atoms with E-state index in [1.165, 1.54) is 6.20 Å². The third-order valence-electron chi connectivity index (χ3n) is 2.67. The number of rotatable bonds is 5. The molecule has 0 aromatic carbocycles. The second-order valence-corrected chi connectivity index (χ2v) is 4.00. The van der Waals surface area contributed by atoms with Crippen LogP contribution in [0.25, 0.3) is 0 Å². The summed E-state index contributed by atoms with van der Waals surface area (Å²) in [7, 11) is 0. The number of aliphatic hydroxyl groups is 2. The molecule has 0 aliphatic carbocycles. The van der Waals surface area contributed by atoms with Crippen molar-refractivity contribution in [3.8, 4) is 5.75 Å². The fraction of sp³-hybridized carbons (Fsp3) is 0.583. The van der Waals surface area contributed by atoms with Crippen LogP contribution in [0.1, 0.15) is 38.9 Å². The summed E-state index contributed by atoms with van der Waals surface area (Å²) in [5.41, 5.74) is -0.579. The molecular formula is C12H19NO3. The van der Waals surface area contributed by atoms with Gasteiger partial charge in [0, 0.05) is 11.8 Å². The molecule has 0 fully saturated rings. The van der Waals surface area contributed by atoms with Crippen LogP contribution in [-0.2, 0) is 0 Å². The van der Waals surface area contributed by atoms with Gasteiger partial charge in [-0.2, -0.15) is 0 Å². The molecule has 0 saturated heterocycles. The van der Waals surface area contributed by atoms with E-state index in [9.17, 15) is 10.2 Å². The Balaban J connectivity index is 2.91. The lowest BCUT2D eigenvalue weighted by atomic mass is 9.91. The Morgan fingerprint density at radius 1 is 1.44 bits per heavy atom. The van der Waals surface area contributed by atoms with Gasteiger partial charge in [0.05, 0.1) is 18.4 Å². The summed E-state index contributed by atoms with van der Waals surface area (Å²) in [5.74, 6) is 0.603. The lowest BCUT2D eigenvalue weighted by molar-refractivity contribution is -0.0660. The van der Waals surface area contributed by atoms with Gasteiger partial charge in [-0.15, -0.1) is 0 Å². The first kappa shape index (κ1) is 12.9. The van der Waals surface area contributed by atoms with Crippen LogP contribution < -0.4 is 4.74 Å². The van der Waals surface area contributed by atoms with Gasteiger partial charge in [-0.1, -0.05) is 6.92 Å². The largest absolute Gasteiger partial charge is 0.492 e. The summed E-state index contributed by atoms with van der Waals surface area (Å²) < 4.78 is 5.29. The van der Waals surface area contributed by atoms with Crippen LogP contribution in [0.2, 0.25) is 0 Å². The first-order valence-corrected chi connectivity index (χ1v) is 5.49. The van der Waals surface area contributed by atoms with Gasteiger partial charge in [0.15, 0.2) is 0 Å². The van der Waals surface area contributed by atoms with Gasteiger partial charge in [0.2, 0.25) is 0 Å². The molecule has 1 heterocycles. The number of hydrogen-bond acceptors (Lipinski definition) is 4. The fourth-order valence-corrected chi connectivity index (χ4v) is 1.38. The monoisotopic (exact) mass is 225 g/mol. The predicted octanol–water partition coefficient (Wildman–Crippen LogP) is 1.67. The van der Waals surface area contributed by atoms with Crippen LogP contribution in [-0.4, -0.2) is 27.4 Å². The average Bonchev–Trinajstić information content (AvgIpc) is 2.29. The van der Waals surface area contributed by atoms with E-state index in [-0.39, 0.29) is 0 Å². The summed E-state index contributed by atoms with van der Waals surface area (Å²) in [6.07, 6.45) is 2.63. The zero-order chi connectivity index (χ0) is 12.2. The average molecular weight is 225 g/mol. The molecular weight excluding hydrogens is 206 g/mol. The Morgan fingerprint density at radius 2 is 2.12 bits per heavy atom. The highest BCUT2D eigenvalue weighted by molar-refractivity contribution is 5.26. The number of hydrogen-bond donors (Lipinski definition) is 2. The maximum atomic E-state index is 10.00. The highest BCUT2D eigenvalue weighted by Gasteiger charge is 2.29. The van der Waals surface area contributed by atoms with Crippen LogP contribution in [0.15, 0.2) is 18.5 Å². The Morgan fingerprint density at radius 3 is 2.69 bits per heavy atom.